The largest absolute Gasteiger partial charge is 0.323 e. The van der Waals surface area contributed by atoms with E-state index in [-0.39, 0.29) is 17.7 Å². The standard InChI is InChI=1S/C12H17N3O/c1-7-5-10(8(2)13)15-12(14-7)6-11(16)9-3-4-9/h5,8-9H,3-4,6,13H2,1-2H3. The van der Waals surface area contributed by atoms with E-state index in [4.69, 9.17) is 5.73 Å². The molecule has 0 bridgehead atoms. The summed E-state index contributed by atoms with van der Waals surface area (Å²) in [6.45, 7) is 3.78. The molecule has 1 aliphatic carbocycles. The summed E-state index contributed by atoms with van der Waals surface area (Å²) in [7, 11) is 0. The molecule has 1 saturated carbocycles. The van der Waals surface area contributed by atoms with E-state index in [0.29, 0.717) is 12.2 Å². The number of carbonyl (C=O) groups excluding carboxylic acids is 1. The van der Waals surface area contributed by atoms with Crippen LogP contribution in [0.15, 0.2) is 6.07 Å². The van der Waals surface area contributed by atoms with Crippen molar-refractivity contribution in [1.82, 2.24) is 9.97 Å². The van der Waals surface area contributed by atoms with Crippen LogP contribution in [-0.4, -0.2) is 15.8 Å². The zero-order valence-corrected chi connectivity index (χ0v) is 9.73. The first kappa shape index (κ1) is 11.2. The van der Waals surface area contributed by atoms with E-state index < -0.39 is 0 Å². The van der Waals surface area contributed by atoms with Crippen LogP contribution in [-0.2, 0) is 11.2 Å². The van der Waals surface area contributed by atoms with Gasteiger partial charge in [-0.15, -0.1) is 0 Å². The number of hydrogen-bond donors (Lipinski definition) is 1. The summed E-state index contributed by atoms with van der Waals surface area (Å²) < 4.78 is 0. The second-order valence-electron chi connectivity index (χ2n) is 4.56. The number of aryl methyl sites for hydroxylation is 1. The van der Waals surface area contributed by atoms with Gasteiger partial charge in [-0.3, -0.25) is 4.79 Å². The topological polar surface area (TPSA) is 68.9 Å². The molecular formula is C12H17N3O. The molecule has 1 aliphatic rings. The van der Waals surface area contributed by atoms with E-state index in [1.807, 2.05) is 19.9 Å². The normalized spacial score (nSPS) is 17.2. The predicted octanol–water partition coefficient (Wildman–Crippen LogP) is 1.33. The molecule has 1 aromatic rings. The van der Waals surface area contributed by atoms with Crippen molar-refractivity contribution in [2.75, 3.05) is 0 Å². The van der Waals surface area contributed by atoms with Crippen LogP contribution >= 0.6 is 0 Å². The van der Waals surface area contributed by atoms with Gasteiger partial charge in [0.05, 0.1) is 12.1 Å². The van der Waals surface area contributed by atoms with Crippen molar-refractivity contribution >= 4 is 5.78 Å². The fourth-order valence-electron chi connectivity index (χ4n) is 1.67. The summed E-state index contributed by atoms with van der Waals surface area (Å²) in [6.07, 6.45) is 2.42. The SMILES string of the molecule is Cc1cc(C(C)N)nc(CC(=O)C2CC2)n1. The monoisotopic (exact) mass is 219 g/mol. The fraction of sp³-hybridized carbons (Fsp3) is 0.583. The van der Waals surface area contributed by atoms with E-state index in [1.165, 1.54) is 0 Å². The first-order valence-corrected chi connectivity index (χ1v) is 5.69. The first-order chi connectivity index (χ1) is 7.56. The van der Waals surface area contributed by atoms with Gasteiger partial charge in [0.2, 0.25) is 0 Å². The van der Waals surface area contributed by atoms with E-state index in [9.17, 15) is 4.79 Å². The molecule has 1 aromatic heterocycles. The average molecular weight is 219 g/mol. The summed E-state index contributed by atoms with van der Waals surface area (Å²) in [5, 5.41) is 0. The Labute approximate surface area is 95.3 Å². The molecule has 2 N–H and O–H groups in total. The molecule has 0 aliphatic heterocycles. The molecule has 1 unspecified atom stereocenters. The molecule has 4 heteroatoms. The summed E-state index contributed by atoms with van der Waals surface area (Å²) in [6, 6.07) is 1.76. The Balaban J connectivity index is 2.16. The first-order valence-electron chi connectivity index (χ1n) is 5.69. The lowest BCUT2D eigenvalue weighted by Crippen LogP contribution is -2.14. The molecule has 4 nitrogen and oxygen atoms in total. The molecule has 1 atom stereocenters. The van der Waals surface area contributed by atoms with E-state index >= 15 is 0 Å². The molecule has 16 heavy (non-hydrogen) atoms. The lowest BCUT2D eigenvalue weighted by Gasteiger charge is -2.07. The maximum atomic E-state index is 11.7. The zero-order chi connectivity index (χ0) is 11.7. The van der Waals surface area contributed by atoms with Gasteiger partial charge in [-0.1, -0.05) is 0 Å². The Morgan fingerprint density at radius 1 is 1.56 bits per heavy atom. The molecule has 0 saturated heterocycles. The minimum Gasteiger partial charge on any atom is -0.323 e. The summed E-state index contributed by atoms with van der Waals surface area (Å²) >= 11 is 0. The molecule has 86 valence electrons. The molecule has 0 aromatic carbocycles. The van der Waals surface area contributed by atoms with Gasteiger partial charge in [0.25, 0.3) is 0 Å². The zero-order valence-electron chi connectivity index (χ0n) is 9.73. The van der Waals surface area contributed by atoms with Gasteiger partial charge in [0, 0.05) is 17.7 Å². The lowest BCUT2D eigenvalue weighted by molar-refractivity contribution is -0.119. The molecule has 1 fully saturated rings. The van der Waals surface area contributed by atoms with Crippen molar-refractivity contribution in [3.8, 4) is 0 Å². The number of ketones is 1. The Morgan fingerprint density at radius 2 is 2.25 bits per heavy atom. The molecule has 1 heterocycles. The average Bonchev–Trinajstić information content (AvgIpc) is 2.99. The van der Waals surface area contributed by atoms with Crippen LogP contribution in [0.5, 0.6) is 0 Å². The number of carbonyl (C=O) groups is 1. The number of nitrogens with zero attached hydrogens (tertiary/aromatic N) is 2. The highest BCUT2D eigenvalue weighted by molar-refractivity contribution is 5.84. The Bertz CT molecular complexity index is 411. The molecule has 0 spiro atoms. The van der Waals surface area contributed by atoms with Crippen LogP contribution < -0.4 is 5.73 Å². The van der Waals surface area contributed by atoms with Crippen LogP contribution in [0, 0.1) is 12.8 Å². The molecule has 0 amide bonds. The van der Waals surface area contributed by atoms with Gasteiger partial charge in [-0.25, -0.2) is 9.97 Å². The highest BCUT2D eigenvalue weighted by Gasteiger charge is 2.29. The highest BCUT2D eigenvalue weighted by Crippen LogP contribution is 2.30. The minimum absolute atomic E-state index is 0.114. The van der Waals surface area contributed by atoms with E-state index in [1.54, 1.807) is 0 Å². The Hall–Kier alpha value is -1.29. The second kappa shape index (κ2) is 4.29. The van der Waals surface area contributed by atoms with Crippen LogP contribution in [0.3, 0.4) is 0 Å². The summed E-state index contributed by atoms with van der Waals surface area (Å²) in [4.78, 5) is 20.3. The van der Waals surface area contributed by atoms with Crippen LogP contribution in [0.2, 0.25) is 0 Å². The maximum absolute atomic E-state index is 11.7. The number of aromatic nitrogens is 2. The molecule has 2 rings (SSSR count). The number of Topliss-reactive ketones (excluding diaryl/α,β-unsaturated/α-hetero) is 1. The van der Waals surface area contributed by atoms with Crippen LogP contribution in [0.1, 0.15) is 43.0 Å². The van der Waals surface area contributed by atoms with Crippen LogP contribution in [0.25, 0.3) is 0 Å². The van der Waals surface area contributed by atoms with Crippen molar-refractivity contribution in [2.45, 2.75) is 39.2 Å². The van der Waals surface area contributed by atoms with E-state index in [2.05, 4.69) is 9.97 Å². The van der Waals surface area contributed by atoms with Crippen molar-refractivity contribution in [3.63, 3.8) is 0 Å². The number of nitrogens with two attached hydrogens (primary N) is 1. The fourth-order valence-corrected chi connectivity index (χ4v) is 1.67. The smallest absolute Gasteiger partial charge is 0.143 e. The third-order valence-electron chi connectivity index (χ3n) is 2.75. The number of hydrogen-bond acceptors (Lipinski definition) is 4. The van der Waals surface area contributed by atoms with E-state index in [0.717, 1.165) is 24.2 Å². The Morgan fingerprint density at radius 3 is 2.81 bits per heavy atom. The van der Waals surface area contributed by atoms with Gasteiger partial charge >= 0.3 is 0 Å². The van der Waals surface area contributed by atoms with Crippen molar-refractivity contribution in [1.29, 1.82) is 0 Å². The third kappa shape index (κ3) is 2.64. The van der Waals surface area contributed by atoms with Crippen molar-refractivity contribution in [2.24, 2.45) is 11.7 Å². The molecule has 0 radical (unpaired) electrons. The lowest BCUT2D eigenvalue weighted by atomic mass is 10.1. The van der Waals surface area contributed by atoms with Gasteiger partial charge in [0.15, 0.2) is 0 Å². The van der Waals surface area contributed by atoms with Gasteiger partial charge in [-0.2, -0.15) is 0 Å². The van der Waals surface area contributed by atoms with Crippen molar-refractivity contribution < 1.29 is 4.79 Å². The number of rotatable bonds is 4. The van der Waals surface area contributed by atoms with Gasteiger partial charge in [-0.05, 0) is 32.8 Å². The Kier molecular flexibility index (Phi) is 3.01. The van der Waals surface area contributed by atoms with Crippen molar-refractivity contribution in [3.05, 3.63) is 23.3 Å². The third-order valence-corrected chi connectivity index (χ3v) is 2.75. The highest BCUT2D eigenvalue weighted by atomic mass is 16.1. The molecular weight excluding hydrogens is 202 g/mol. The summed E-state index contributed by atoms with van der Waals surface area (Å²) in [5.41, 5.74) is 7.47. The second-order valence-corrected chi connectivity index (χ2v) is 4.56. The van der Waals surface area contributed by atoms with Crippen LogP contribution in [0.4, 0.5) is 0 Å². The summed E-state index contributed by atoms with van der Waals surface area (Å²) in [5.74, 6) is 1.15. The maximum Gasteiger partial charge on any atom is 0.143 e. The predicted molar refractivity (Wildman–Crippen MR) is 60.8 cm³/mol. The van der Waals surface area contributed by atoms with Gasteiger partial charge < -0.3 is 5.73 Å². The van der Waals surface area contributed by atoms with Gasteiger partial charge in [0.1, 0.15) is 11.6 Å². The minimum atomic E-state index is -0.114. The quantitative estimate of drug-likeness (QED) is 0.829.